The van der Waals surface area contributed by atoms with Crippen LogP contribution in [0.5, 0.6) is 5.75 Å². The van der Waals surface area contributed by atoms with E-state index < -0.39 is 0 Å². The molecule has 0 atom stereocenters. The van der Waals surface area contributed by atoms with Gasteiger partial charge in [0.1, 0.15) is 5.75 Å². The normalized spacial score (nSPS) is 10.1. The van der Waals surface area contributed by atoms with Gasteiger partial charge in [-0.25, -0.2) is 0 Å². The summed E-state index contributed by atoms with van der Waals surface area (Å²) in [4.78, 5) is 1.07. The Kier molecular flexibility index (Phi) is 4.62. The fourth-order valence-electron chi connectivity index (χ4n) is 1.02. The Hall–Kier alpha value is -0.870. The monoisotopic (exact) mass is 213 g/mol. The summed E-state index contributed by atoms with van der Waals surface area (Å²) in [6, 6.07) is 5.70. The Morgan fingerprint density at radius 1 is 1.36 bits per heavy atom. The lowest BCUT2D eigenvalue weighted by Crippen LogP contribution is -1.94. The molecule has 0 radical (unpaired) electrons. The summed E-state index contributed by atoms with van der Waals surface area (Å²) in [5, 5.41) is 0. The van der Waals surface area contributed by atoms with Gasteiger partial charge in [0.25, 0.3) is 0 Å². The van der Waals surface area contributed by atoms with E-state index in [9.17, 15) is 0 Å². The topological polar surface area (TPSA) is 44.5 Å². The van der Waals surface area contributed by atoms with E-state index in [0.717, 1.165) is 28.7 Å². The highest BCUT2D eigenvalue weighted by molar-refractivity contribution is 7.99. The molecule has 2 N–H and O–H groups in total. The van der Waals surface area contributed by atoms with E-state index in [2.05, 4.69) is 0 Å². The number of rotatable bonds is 5. The van der Waals surface area contributed by atoms with E-state index >= 15 is 0 Å². The molecule has 4 heteroatoms. The maximum absolute atomic E-state index is 5.84. The van der Waals surface area contributed by atoms with Crippen LogP contribution in [0.2, 0.25) is 0 Å². The van der Waals surface area contributed by atoms with Crippen molar-refractivity contribution < 1.29 is 9.47 Å². The van der Waals surface area contributed by atoms with Crippen molar-refractivity contribution >= 4 is 17.4 Å². The molecule has 14 heavy (non-hydrogen) atoms. The number of hydrogen-bond donors (Lipinski definition) is 1. The molecule has 1 rings (SSSR count). The standard InChI is InChI=1S/C10H15NO2S/c1-12-5-6-14-10-4-3-8(13-2)7-9(10)11/h3-4,7H,5-6,11H2,1-2H3. The minimum absolute atomic E-state index is 0.732. The second-order valence-corrected chi connectivity index (χ2v) is 3.88. The molecule has 0 heterocycles. The number of benzene rings is 1. The van der Waals surface area contributed by atoms with Gasteiger partial charge >= 0.3 is 0 Å². The first-order valence-corrected chi connectivity index (χ1v) is 5.31. The minimum Gasteiger partial charge on any atom is -0.497 e. The molecule has 3 nitrogen and oxygen atoms in total. The Balaban J connectivity index is 2.59. The third kappa shape index (κ3) is 3.12. The summed E-state index contributed by atoms with van der Waals surface area (Å²) in [6.07, 6.45) is 0. The van der Waals surface area contributed by atoms with Crippen molar-refractivity contribution in [1.82, 2.24) is 0 Å². The van der Waals surface area contributed by atoms with Crippen LogP contribution >= 0.6 is 11.8 Å². The molecule has 0 aliphatic heterocycles. The summed E-state index contributed by atoms with van der Waals surface area (Å²) >= 11 is 1.69. The van der Waals surface area contributed by atoms with Crippen molar-refractivity contribution in [3.63, 3.8) is 0 Å². The van der Waals surface area contributed by atoms with Gasteiger partial charge in [-0.2, -0.15) is 0 Å². The highest BCUT2D eigenvalue weighted by Crippen LogP contribution is 2.28. The van der Waals surface area contributed by atoms with Crippen LogP contribution in [0.4, 0.5) is 5.69 Å². The van der Waals surface area contributed by atoms with Crippen LogP contribution < -0.4 is 10.5 Å². The van der Waals surface area contributed by atoms with Gasteiger partial charge in [-0.1, -0.05) is 0 Å². The lowest BCUT2D eigenvalue weighted by molar-refractivity contribution is 0.218. The Morgan fingerprint density at radius 2 is 2.14 bits per heavy atom. The molecule has 1 aromatic rings. The zero-order chi connectivity index (χ0) is 10.4. The van der Waals surface area contributed by atoms with Crippen molar-refractivity contribution in [2.45, 2.75) is 4.90 Å². The first-order chi connectivity index (χ1) is 6.77. The Bertz CT molecular complexity index is 291. The number of anilines is 1. The van der Waals surface area contributed by atoms with Crippen LogP contribution in [0.3, 0.4) is 0 Å². The maximum atomic E-state index is 5.84. The Morgan fingerprint density at radius 3 is 2.71 bits per heavy atom. The molecular weight excluding hydrogens is 198 g/mol. The fraction of sp³-hybridized carbons (Fsp3) is 0.400. The van der Waals surface area contributed by atoms with E-state index in [4.69, 9.17) is 15.2 Å². The number of hydrogen-bond acceptors (Lipinski definition) is 4. The maximum Gasteiger partial charge on any atom is 0.120 e. The van der Waals surface area contributed by atoms with Gasteiger partial charge in [-0.15, -0.1) is 11.8 Å². The molecule has 0 aromatic heterocycles. The first kappa shape index (κ1) is 11.2. The number of nitrogens with two attached hydrogens (primary N) is 1. The minimum atomic E-state index is 0.732. The van der Waals surface area contributed by atoms with Crippen LogP contribution in [-0.4, -0.2) is 26.6 Å². The summed E-state index contributed by atoms with van der Waals surface area (Å²) in [5.74, 6) is 1.70. The van der Waals surface area contributed by atoms with Crippen LogP contribution in [0.15, 0.2) is 23.1 Å². The first-order valence-electron chi connectivity index (χ1n) is 4.33. The molecule has 0 saturated heterocycles. The second kappa shape index (κ2) is 5.78. The highest BCUT2D eigenvalue weighted by Gasteiger charge is 2.01. The predicted molar refractivity (Wildman–Crippen MR) is 60.0 cm³/mol. The van der Waals surface area contributed by atoms with Crippen molar-refractivity contribution in [2.24, 2.45) is 0 Å². The van der Waals surface area contributed by atoms with Crippen molar-refractivity contribution in [1.29, 1.82) is 0 Å². The average molecular weight is 213 g/mol. The van der Waals surface area contributed by atoms with Crippen LogP contribution in [-0.2, 0) is 4.74 Å². The summed E-state index contributed by atoms with van der Waals surface area (Å²) < 4.78 is 10.0. The zero-order valence-corrected chi connectivity index (χ0v) is 9.26. The van der Waals surface area contributed by atoms with Crippen molar-refractivity contribution in [3.8, 4) is 5.75 Å². The molecule has 1 aromatic carbocycles. The molecular formula is C10H15NO2S. The third-order valence-electron chi connectivity index (χ3n) is 1.76. The Labute approximate surface area is 88.6 Å². The number of methoxy groups -OCH3 is 2. The van der Waals surface area contributed by atoms with Gasteiger partial charge in [0.2, 0.25) is 0 Å². The largest absolute Gasteiger partial charge is 0.497 e. The SMILES string of the molecule is COCCSc1ccc(OC)cc1N. The molecule has 0 amide bonds. The van der Waals surface area contributed by atoms with Gasteiger partial charge in [0.05, 0.1) is 13.7 Å². The molecule has 0 spiro atoms. The van der Waals surface area contributed by atoms with Crippen LogP contribution in [0.25, 0.3) is 0 Å². The zero-order valence-electron chi connectivity index (χ0n) is 8.45. The molecule has 0 saturated carbocycles. The molecule has 0 aliphatic rings. The van der Waals surface area contributed by atoms with Gasteiger partial charge in [-0.05, 0) is 12.1 Å². The number of thioether (sulfide) groups is 1. The third-order valence-corrected chi connectivity index (χ3v) is 2.82. The molecule has 0 fully saturated rings. The molecule has 0 unspecified atom stereocenters. The van der Waals surface area contributed by atoms with Crippen LogP contribution in [0.1, 0.15) is 0 Å². The van der Waals surface area contributed by atoms with Crippen LogP contribution in [0, 0.1) is 0 Å². The number of ether oxygens (including phenoxy) is 2. The lowest BCUT2D eigenvalue weighted by Gasteiger charge is -2.06. The number of nitrogen functional groups attached to an aromatic ring is 1. The molecule has 0 aliphatic carbocycles. The quantitative estimate of drug-likeness (QED) is 0.461. The van der Waals surface area contributed by atoms with Gasteiger partial charge in [-0.3, -0.25) is 0 Å². The predicted octanol–water partition coefficient (Wildman–Crippen LogP) is 2.02. The van der Waals surface area contributed by atoms with E-state index in [1.807, 2.05) is 18.2 Å². The van der Waals surface area contributed by atoms with Gasteiger partial charge < -0.3 is 15.2 Å². The molecule has 0 bridgehead atoms. The van der Waals surface area contributed by atoms with Gasteiger partial charge in [0.15, 0.2) is 0 Å². The van der Waals surface area contributed by atoms with Crippen molar-refractivity contribution in [2.75, 3.05) is 32.3 Å². The second-order valence-electron chi connectivity index (χ2n) is 2.75. The van der Waals surface area contributed by atoms with Crippen molar-refractivity contribution in [3.05, 3.63) is 18.2 Å². The van der Waals surface area contributed by atoms with E-state index in [0.29, 0.717) is 0 Å². The smallest absolute Gasteiger partial charge is 0.120 e. The lowest BCUT2D eigenvalue weighted by atomic mass is 10.3. The van der Waals surface area contributed by atoms with E-state index in [1.165, 1.54) is 0 Å². The van der Waals surface area contributed by atoms with E-state index in [1.54, 1.807) is 26.0 Å². The summed E-state index contributed by atoms with van der Waals surface area (Å²) in [5.41, 5.74) is 6.59. The summed E-state index contributed by atoms with van der Waals surface area (Å²) in [7, 11) is 3.32. The highest BCUT2D eigenvalue weighted by atomic mass is 32.2. The fourth-order valence-corrected chi connectivity index (χ4v) is 1.88. The average Bonchev–Trinajstić information content (AvgIpc) is 2.20. The van der Waals surface area contributed by atoms with E-state index in [-0.39, 0.29) is 0 Å². The molecule has 78 valence electrons. The van der Waals surface area contributed by atoms with Gasteiger partial charge in [0, 0.05) is 29.5 Å². The summed E-state index contributed by atoms with van der Waals surface area (Å²) in [6.45, 7) is 0.732.